The monoisotopic (exact) mass is 868 g/mol. The van der Waals surface area contributed by atoms with Gasteiger partial charge in [-0.15, -0.1) is 0 Å². The summed E-state index contributed by atoms with van der Waals surface area (Å²) in [6, 6.07) is 75.1. The molecule has 0 aliphatic heterocycles. The molecule has 0 amide bonds. The maximum atomic E-state index is 10.4. The third-order valence-corrected chi connectivity index (χ3v) is 18.6. The van der Waals surface area contributed by atoms with E-state index in [2.05, 4.69) is 173 Å². The Bertz CT molecular complexity index is 2780. The zero-order chi connectivity index (χ0) is 45.2. The van der Waals surface area contributed by atoms with Crippen LogP contribution in [0.2, 0.25) is 0 Å². The summed E-state index contributed by atoms with van der Waals surface area (Å²) in [6.45, 7) is 4.47. The van der Waals surface area contributed by atoms with Gasteiger partial charge in [-0.2, -0.15) is 0 Å². The Morgan fingerprint density at radius 2 is 0.477 bits per heavy atom. The predicted molar refractivity (Wildman–Crippen MR) is 270 cm³/mol. The summed E-state index contributed by atoms with van der Waals surface area (Å²) in [6.07, 6.45) is 0. The van der Waals surface area contributed by atoms with Crippen LogP contribution in [-0.2, 0) is 0 Å². The van der Waals surface area contributed by atoms with Crippen LogP contribution in [0.3, 0.4) is 0 Å². The molecule has 0 saturated carbocycles. The fraction of sp³-hybridized carbons (Fsp3) is 0.100. The van der Waals surface area contributed by atoms with Crippen LogP contribution in [0.25, 0.3) is 0 Å². The number of hydrogen-bond acceptors (Lipinski definition) is 4. The van der Waals surface area contributed by atoms with Gasteiger partial charge in [0.15, 0.2) is 0 Å². The van der Waals surface area contributed by atoms with Crippen molar-refractivity contribution in [1.29, 1.82) is 0 Å². The molecule has 0 spiro atoms. The minimum absolute atomic E-state index is 0.130. The first kappa shape index (κ1) is 42.9. The first-order valence-electron chi connectivity index (χ1n) is 22.1. The van der Waals surface area contributed by atoms with Crippen LogP contribution < -0.4 is 25.7 Å². The van der Waals surface area contributed by atoms with Crippen molar-refractivity contribution in [2.45, 2.75) is 39.5 Å². The van der Waals surface area contributed by atoms with E-state index in [-0.39, 0.29) is 29.1 Å². The Morgan fingerprint density at radius 3 is 0.708 bits per heavy atom. The van der Waals surface area contributed by atoms with Gasteiger partial charge in [-0.3, -0.25) is 0 Å². The van der Waals surface area contributed by atoms with Gasteiger partial charge in [-0.05, 0) is 24.3 Å². The molecule has 9 aromatic carbocycles. The van der Waals surface area contributed by atoms with Crippen LogP contribution in [0, 0.1) is 27.7 Å². The second kappa shape index (κ2) is 17.6. The van der Waals surface area contributed by atoms with Gasteiger partial charge in [0.2, 0.25) is 0 Å². The molecule has 9 rings (SSSR count). The first-order chi connectivity index (χ1) is 31.5. The molecule has 0 bridgehead atoms. The second-order valence-electron chi connectivity index (χ2n) is 17.3. The van der Waals surface area contributed by atoms with Crippen LogP contribution in [-0.4, -0.2) is 15.3 Å². The second-order valence-corrected chi connectivity index (χ2v) is 21.7. The molecule has 0 radical (unpaired) electrons. The third-order valence-electron chi connectivity index (χ3n) is 12.9. The Balaban J connectivity index is 1.20. The molecule has 0 aromatic heterocycles. The van der Waals surface area contributed by atoms with Crippen molar-refractivity contribution in [3.63, 3.8) is 0 Å². The summed E-state index contributed by atoms with van der Waals surface area (Å²) < 4.78 is 8.06. The van der Waals surface area contributed by atoms with E-state index in [4.69, 9.17) is 4.52 Å². The molecule has 0 aliphatic rings. The van der Waals surface area contributed by atoms with E-state index in [9.17, 15) is 15.3 Å². The summed E-state index contributed by atoms with van der Waals surface area (Å²) in [5, 5.41) is 35.1. The standard InChI is InChI=1S/C60H53O4P/c1-41-5-33-55(34-6-41)65(56-35-7-42(2)8-36-56,57-37-9-43(3)10-38-57,58-39-11-44(4)12-40-58)64-54-31-23-50(24-32-54)60(49-21-29-53(63)30-22-49)46-15-13-45(14-16-46)59(47-17-25-51(61)26-18-47)48-19-27-52(62)28-20-48/h5-40,59-63H,1-4H3. The number of benzene rings is 9. The van der Waals surface area contributed by atoms with Crippen LogP contribution in [0.4, 0.5) is 0 Å². The average Bonchev–Trinajstić information content (AvgIpc) is 3.32. The molecule has 1 atom stereocenters. The van der Waals surface area contributed by atoms with Crippen molar-refractivity contribution >= 4 is 28.0 Å². The number of aromatic hydroxyl groups is 3. The number of hydrogen-bond donors (Lipinski definition) is 3. The molecule has 0 heterocycles. The van der Waals surface area contributed by atoms with E-state index < -0.39 is 6.83 Å². The van der Waals surface area contributed by atoms with E-state index in [1.807, 2.05) is 36.4 Å². The van der Waals surface area contributed by atoms with E-state index in [0.29, 0.717) is 0 Å². The van der Waals surface area contributed by atoms with Gasteiger partial charge < -0.3 is 10.2 Å². The number of phenolic OH excluding ortho intramolecular Hbond substituents is 3. The molecule has 1 unspecified atom stereocenters. The van der Waals surface area contributed by atoms with E-state index in [1.165, 1.54) is 22.3 Å². The number of rotatable bonds is 12. The van der Waals surface area contributed by atoms with E-state index in [0.717, 1.165) is 60.3 Å². The molecule has 9 aromatic rings. The van der Waals surface area contributed by atoms with Crippen molar-refractivity contribution < 1.29 is 19.8 Å². The quantitative estimate of drug-likeness (QED) is 0.0845. The minimum atomic E-state index is -4.04. The van der Waals surface area contributed by atoms with E-state index in [1.54, 1.807) is 36.4 Å². The molecule has 65 heavy (non-hydrogen) atoms. The first-order valence-corrected chi connectivity index (χ1v) is 24.2. The van der Waals surface area contributed by atoms with Gasteiger partial charge in [0.05, 0.1) is 0 Å². The predicted octanol–water partition coefficient (Wildman–Crippen LogP) is 12.5. The SMILES string of the molecule is Cc1ccc(P(Oc2ccc(C(c3ccc(O)cc3)c3ccc(C(c4ccc(O)cc4)c4ccc(O)cc4)cc3)cc2)(c2ccc(C)cc2)(c2ccc(C)cc2)c2ccc(C)cc2)cc1. The van der Waals surface area contributed by atoms with Crippen molar-refractivity contribution in [1.82, 2.24) is 0 Å². The summed E-state index contributed by atoms with van der Waals surface area (Å²) in [7, 11) is 0. The van der Waals surface area contributed by atoms with Crippen molar-refractivity contribution in [2.24, 2.45) is 0 Å². The average molecular weight is 869 g/mol. The molecule has 5 heteroatoms. The van der Waals surface area contributed by atoms with E-state index >= 15 is 0 Å². The number of phenols is 3. The third kappa shape index (κ3) is 8.07. The van der Waals surface area contributed by atoms with Crippen molar-refractivity contribution in [3.05, 3.63) is 274 Å². The molecule has 3 N–H and O–H groups in total. The molecule has 0 aliphatic carbocycles. The summed E-state index contributed by atoms with van der Waals surface area (Å²) in [5.41, 5.74) is 11.0. The Kier molecular flexibility index (Phi) is 11.6. The number of aryl methyl sites for hydroxylation is 4. The van der Waals surface area contributed by atoms with Gasteiger partial charge in [0, 0.05) is 0 Å². The summed E-state index contributed by atoms with van der Waals surface area (Å²) in [5.74, 6) is 1.08. The fourth-order valence-corrected chi connectivity index (χ4v) is 15.0. The molecule has 4 nitrogen and oxygen atoms in total. The van der Waals surface area contributed by atoms with Crippen molar-refractivity contribution in [2.75, 3.05) is 0 Å². The van der Waals surface area contributed by atoms with Crippen LogP contribution in [0.15, 0.2) is 218 Å². The van der Waals surface area contributed by atoms with Gasteiger partial charge in [-0.1, -0.05) is 24.3 Å². The topological polar surface area (TPSA) is 69.9 Å². The van der Waals surface area contributed by atoms with Gasteiger partial charge in [0.25, 0.3) is 0 Å². The molecular formula is C60H53O4P. The zero-order valence-electron chi connectivity index (χ0n) is 37.1. The zero-order valence-corrected chi connectivity index (χ0v) is 38.0. The van der Waals surface area contributed by atoms with Gasteiger partial charge in [0.1, 0.15) is 11.5 Å². The normalized spacial score (nSPS) is 12.6. The summed E-state index contributed by atoms with van der Waals surface area (Å²) in [4.78, 5) is 0. The summed E-state index contributed by atoms with van der Waals surface area (Å²) >= 11 is 0. The van der Waals surface area contributed by atoms with Gasteiger partial charge >= 0.3 is 314 Å². The Morgan fingerprint density at radius 1 is 0.277 bits per heavy atom. The molecule has 0 saturated heterocycles. The maximum absolute atomic E-state index is 10.4. The van der Waals surface area contributed by atoms with Crippen LogP contribution >= 0.6 is 6.83 Å². The van der Waals surface area contributed by atoms with Crippen LogP contribution in [0.1, 0.15) is 67.5 Å². The Labute approximate surface area is 382 Å². The van der Waals surface area contributed by atoms with Gasteiger partial charge in [-0.25, -0.2) is 0 Å². The van der Waals surface area contributed by atoms with Crippen LogP contribution in [0.5, 0.6) is 23.0 Å². The fourth-order valence-electron chi connectivity index (χ4n) is 9.39. The Hall–Kier alpha value is -7.39. The van der Waals surface area contributed by atoms with Crippen molar-refractivity contribution in [3.8, 4) is 23.0 Å². The molecule has 322 valence electrons. The molecular weight excluding hydrogens is 816 g/mol. The molecule has 0 fully saturated rings.